The normalized spacial score (nSPS) is 20.4. The van der Waals surface area contributed by atoms with Gasteiger partial charge in [-0.15, -0.1) is 11.8 Å². The first-order valence-corrected chi connectivity index (χ1v) is 7.90. The lowest BCUT2D eigenvalue weighted by Crippen LogP contribution is -2.37. The summed E-state index contributed by atoms with van der Waals surface area (Å²) in [6.07, 6.45) is 1.14. The van der Waals surface area contributed by atoms with Crippen LogP contribution in [-0.2, 0) is 11.8 Å². The fourth-order valence-electron chi connectivity index (χ4n) is 2.76. The van der Waals surface area contributed by atoms with Crippen molar-refractivity contribution < 1.29 is 15.0 Å². The first-order valence-electron chi connectivity index (χ1n) is 6.85. The number of aliphatic hydroxyl groups is 2. The number of carbonyl (C=O) groups is 1. The molecule has 2 heterocycles. The number of nitrogens with zero attached hydrogens (tertiary/aromatic N) is 2. The average molecular weight is 306 g/mol. The molecule has 0 radical (unpaired) electrons. The number of fused-ring (bicyclic) bond motifs is 1. The molecule has 1 aromatic heterocycles. The SMILES string of the molecule is Cn1cc(C2SCC(=O)N2CC(O)CO)c2ccccc21. The smallest absolute Gasteiger partial charge is 0.233 e. The van der Waals surface area contributed by atoms with E-state index in [0.717, 1.165) is 16.5 Å². The van der Waals surface area contributed by atoms with Crippen molar-refractivity contribution in [3.05, 3.63) is 36.0 Å². The highest BCUT2D eigenvalue weighted by Crippen LogP contribution is 2.41. The number of carbonyl (C=O) groups excluding carboxylic acids is 1. The van der Waals surface area contributed by atoms with Crippen LogP contribution in [0.5, 0.6) is 0 Å². The van der Waals surface area contributed by atoms with Crippen molar-refractivity contribution in [1.82, 2.24) is 9.47 Å². The summed E-state index contributed by atoms with van der Waals surface area (Å²) >= 11 is 1.56. The summed E-state index contributed by atoms with van der Waals surface area (Å²) < 4.78 is 2.05. The number of aromatic nitrogens is 1. The maximum atomic E-state index is 12.1. The number of aliphatic hydroxyl groups excluding tert-OH is 2. The first-order chi connectivity index (χ1) is 10.1. The molecule has 112 valence electrons. The van der Waals surface area contributed by atoms with Gasteiger partial charge in [0.05, 0.1) is 25.0 Å². The Kier molecular flexibility index (Phi) is 3.93. The van der Waals surface area contributed by atoms with Gasteiger partial charge in [0.1, 0.15) is 5.37 Å². The van der Waals surface area contributed by atoms with Crippen LogP contribution in [0, 0.1) is 0 Å². The number of amides is 1. The lowest BCUT2D eigenvalue weighted by Gasteiger charge is -2.25. The Hall–Kier alpha value is -1.50. The van der Waals surface area contributed by atoms with E-state index in [4.69, 9.17) is 5.11 Å². The number of hydrogen-bond acceptors (Lipinski definition) is 4. The van der Waals surface area contributed by atoms with E-state index in [2.05, 4.69) is 10.6 Å². The van der Waals surface area contributed by atoms with Crippen LogP contribution in [0.1, 0.15) is 10.9 Å². The number of benzene rings is 1. The molecule has 1 aromatic carbocycles. The Morgan fingerprint density at radius 2 is 2.19 bits per heavy atom. The van der Waals surface area contributed by atoms with Crippen molar-refractivity contribution in [2.45, 2.75) is 11.5 Å². The van der Waals surface area contributed by atoms with E-state index in [9.17, 15) is 9.90 Å². The molecule has 2 aromatic rings. The van der Waals surface area contributed by atoms with Crippen LogP contribution in [0.15, 0.2) is 30.5 Å². The molecule has 2 unspecified atom stereocenters. The van der Waals surface area contributed by atoms with Crippen molar-refractivity contribution in [2.75, 3.05) is 18.9 Å². The quantitative estimate of drug-likeness (QED) is 0.888. The van der Waals surface area contributed by atoms with Gasteiger partial charge < -0.3 is 19.7 Å². The molecule has 6 heteroatoms. The summed E-state index contributed by atoms with van der Waals surface area (Å²) in [5, 5.41) is 19.7. The van der Waals surface area contributed by atoms with Gasteiger partial charge in [0.15, 0.2) is 0 Å². The number of thioether (sulfide) groups is 1. The number of aryl methyl sites for hydroxylation is 1. The molecule has 1 aliphatic rings. The number of rotatable bonds is 4. The lowest BCUT2D eigenvalue weighted by atomic mass is 10.1. The highest BCUT2D eigenvalue weighted by Gasteiger charge is 2.35. The molecule has 1 saturated heterocycles. The summed E-state index contributed by atoms with van der Waals surface area (Å²) in [5.74, 6) is 0.414. The molecule has 2 atom stereocenters. The topological polar surface area (TPSA) is 65.7 Å². The van der Waals surface area contributed by atoms with E-state index in [1.807, 2.05) is 31.4 Å². The molecule has 0 bridgehead atoms. The third-order valence-electron chi connectivity index (χ3n) is 3.78. The first kappa shape index (κ1) is 14.4. The predicted molar refractivity (Wildman–Crippen MR) is 82.9 cm³/mol. The summed E-state index contributed by atoms with van der Waals surface area (Å²) in [5.41, 5.74) is 2.20. The van der Waals surface area contributed by atoms with Crippen molar-refractivity contribution in [3.8, 4) is 0 Å². The van der Waals surface area contributed by atoms with E-state index < -0.39 is 6.10 Å². The lowest BCUT2D eigenvalue weighted by molar-refractivity contribution is -0.129. The Balaban J connectivity index is 1.99. The zero-order valence-corrected chi connectivity index (χ0v) is 12.6. The maximum absolute atomic E-state index is 12.1. The number of para-hydroxylation sites is 1. The summed E-state index contributed by atoms with van der Waals surface area (Å²) in [4.78, 5) is 13.7. The second-order valence-corrected chi connectivity index (χ2v) is 6.33. The van der Waals surface area contributed by atoms with Crippen molar-refractivity contribution in [2.24, 2.45) is 7.05 Å². The fourth-order valence-corrected chi connectivity index (χ4v) is 3.98. The summed E-state index contributed by atoms with van der Waals surface area (Å²) in [7, 11) is 1.99. The number of β-amino-alcohol motifs (C(OH)–C–C–N with tert-alkyl or cyclic N) is 1. The van der Waals surface area contributed by atoms with Crippen molar-refractivity contribution >= 4 is 28.6 Å². The molecule has 3 rings (SSSR count). The Morgan fingerprint density at radius 1 is 1.43 bits per heavy atom. The molecule has 0 spiro atoms. The van der Waals surface area contributed by atoms with E-state index >= 15 is 0 Å². The average Bonchev–Trinajstić information content (AvgIpc) is 3.01. The third-order valence-corrected chi connectivity index (χ3v) is 5.02. The molecule has 5 nitrogen and oxygen atoms in total. The van der Waals surface area contributed by atoms with Crippen LogP contribution in [0.25, 0.3) is 10.9 Å². The van der Waals surface area contributed by atoms with Gasteiger partial charge in [0.25, 0.3) is 0 Å². The van der Waals surface area contributed by atoms with Crippen LogP contribution in [0.4, 0.5) is 0 Å². The minimum Gasteiger partial charge on any atom is -0.394 e. The molecule has 2 N–H and O–H groups in total. The van der Waals surface area contributed by atoms with Gasteiger partial charge in [-0.05, 0) is 6.07 Å². The molecule has 1 aliphatic heterocycles. The molecule has 1 fully saturated rings. The van der Waals surface area contributed by atoms with Gasteiger partial charge in [-0.2, -0.15) is 0 Å². The molecule has 21 heavy (non-hydrogen) atoms. The molecule has 0 saturated carbocycles. The van der Waals surface area contributed by atoms with Crippen molar-refractivity contribution in [1.29, 1.82) is 0 Å². The van der Waals surface area contributed by atoms with Gasteiger partial charge in [-0.25, -0.2) is 0 Å². The highest BCUT2D eigenvalue weighted by molar-refractivity contribution is 8.00. The largest absolute Gasteiger partial charge is 0.394 e. The van der Waals surface area contributed by atoms with Gasteiger partial charge >= 0.3 is 0 Å². The van der Waals surface area contributed by atoms with E-state index in [1.54, 1.807) is 16.7 Å². The molecular weight excluding hydrogens is 288 g/mol. The van der Waals surface area contributed by atoms with E-state index in [0.29, 0.717) is 5.75 Å². The maximum Gasteiger partial charge on any atom is 0.233 e. The van der Waals surface area contributed by atoms with Crippen LogP contribution in [0.2, 0.25) is 0 Å². The molecule has 0 aliphatic carbocycles. The van der Waals surface area contributed by atoms with Gasteiger partial charge in [-0.3, -0.25) is 4.79 Å². The minimum atomic E-state index is -0.898. The zero-order valence-electron chi connectivity index (χ0n) is 11.8. The van der Waals surface area contributed by atoms with Crippen LogP contribution in [-0.4, -0.2) is 50.6 Å². The van der Waals surface area contributed by atoms with Gasteiger partial charge in [-0.1, -0.05) is 18.2 Å². The second-order valence-electron chi connectivity index (χ2n) is 5.26. The number of hydrogen-bond donors (Lipinski definition) is 2. The second kappa shape index (κ2) is 5.71. The fraction of sp³-hybridized carbons (Fsp3) is 0.400. The molecule has 1 amide bonds. The third kappa shape index (κ3) is 2.54. The predicted octanol–water partition coefficient (Wildman–Crippen LogP) is 1.11. The Labute approximate surface area is 127 Å². The van der Waals surface area contributed by atoms with Crippen LogP contribution < -0.4 is 0 Å². The zero-order chi connectivity index (χ0) is 15.0. The summed E-state index contributed by atoms with van der Waals surface area (Å²) in [6.45, 7) is -0.174. The van der Waals surface area contributed by atoms with Gasteiger partial charge in [0.2, 0.25) is 5.91 Å². The van der Waals surface area contributed by atoms with Crippen molar-refractivity contribution in [3.63, 3.8) is 0 Å². The van der Waals surface area contributed by atoms with Crippen LogP contribution >= 0.6 is 11.8 Å². The highest BCUT2D eigenvalue weighted by atomic mass is 32.2. The summed E-state index contributed by atoms with van der Waals surface area (Å²) in [6, 6.07) is 8.08. The monoisotopic (exact) mass is 306 g/mol. The minimum absolute atomic E-state index is 0.00503. The standard InChI is InChI=1S/C15H18N2O3S/c1-16-7-12(11-4-2-3-5-13(11)16)15-17(6-10(19)8-18)14(20)9-21-15/h2-5,7,10,15,18-19H,6,8-9H2,1H3. The van der Waals surface area contributed by atoms with Crippen LogP contribution in [0.3, 0.4) is 0 Å². The molecular formula is C15H18N2O3S. The van der Waals surface area contributed by atoms with Gasteiger partial charge in [0, 0.05) is 29.7 Å². The Morgan fingerprint density at radius 3 is 2.95 bits per heavy atom. The van der Waals surface area contributed by atoms with E-state index in [-0.39, 0.29) is 24.4 Å². The van der Waals surface area contributed by atoms with E-state index in [1.165, 1.54) is 0 Å². The Bertz CT molecular complexity index is 670.